The van der Waals surface area contributed by atoms with Gasteiger partial charge in [-0.2, -0.15) is 0 Å². The SMILES string of the molecule is CC[C@H]1OC(=O)[C@H](C)[C@@H](O[C@H]2C[C@@](C)(OC)[C@@H](OC(=O)NCCc3ccc(O)cc3)[C@H](C)O2)[C@H](C)[C@@H](O[C@@H]2O[C@H](C)C[C@H](N(C)C)[C@H]2O)[C@@](C)(O)C[C@@H](C)CN(C)[C@H](C)[C@H]2OC(=O)O[C@@]21C. The fraction of sp³-hybridized carbons (Fsp3) is 0.812. The van der Waals surface area contributed by atoms with Crippen molar-refractivity contribution >= 4 is 18.2 Å². The second kappa shape index (κ2) is 22.0. The highest BCUT2D eigenvalue weighted by Gasteiger charge is 2.58. The minimum Gasteiger partial charge on any atom is -0.508 e. The Morgan fingerprint density at radius 2 is 1.64 bits per heavy atom. The second-order valence-corrected chi connectivity index (χ2v) is 20.3. The number of nitrogens with one attached hydrogen (secondary N) is 1. The molecule has 4 fully saturated rings. The van der Waals surface area contributed by atoms with Gasteiger partial charge >= 0.3 is 18.2 Å². The Labute approximate surface area is 391 Å². The molecule has 18 nitrogen and oxygen atoms in total. The van der Waals surface area contributed by atoms with E-state index in [4.69, 9.17) is 42.6 Å². The van der Waals surface area contributed by atoms with Gasteiger partial charge in [0.1, 0.15) is 23.6 Å². The van der Waals surface area contributed by atoms with E-state index in [0.717, 1.165) is 5.56 Å². The summed E-state index contributed by atoms with van der Waals surface area (Å²) < 4.78 is 56.6. The number of fused-ring (bicyclic) bond motifs is 1. The highest BCUT2D eigenvalue weighted by atomic mass is 16.8. The Kier molecular flexibility index (Phi) is 17.8. The summed E-state index contributed by atoms with van der Waals surface area (Å²) in [7, 11) is 7.18. The molecule has 0 unspecified atom stereocenters. The fourth-order valence-electron chi connectivity index (χ4n) is 10.7. The van der Waals surface area contributed by atoms with E-state index in [2.05, 4.69) is 5.32 Å². The molecular weight excluding hydrogens is 859 g/mol. The van der Waals surface area contributed by atoms with E-state index in [9.17, 15) is 29.7 Å². The molecule has 4 saturated heterocycles. The lowest BCUT2D eigenvalue weighted by molar-refractivity contribution is -0.317. The van der Waals surface area contributed by atoms with Crippen LogP contribution in [0.2, 0.25) is 0 Å². The van der Waals surface area contributed by atoms with Crippen molar-refractivity contribution < 1.29 is 72.3 Å². The van der Waals surface area contributed by atoms with Crippen LogP contribution in [0.3, 0.4) is 0 Å². The molecule has 0 spiro atoms. The number of amides is 1. The van der Waals surface area contributed by atoms with Crippen LogP contribution in [0.1, 0.15) is 100 Å². The zero-order valence-electron chi connectivity index (χ0n) is 41.6. The number of phenolic OH excluding ortho intramolecular Hbond substituents is 1. The number of alkyl carbamates (subject to hydrolysis) is 1. The number of hydrogen-bond donors (Lipinski definition) is 4. The zero-order chi connectivity index (χ0) is 49.1. The van der Waals surface area contributed by atoms with Crippen LogP contribution in [-0.4, -0.2) is 175 Å². The summed E-state index contributed by atoms with van der Waals surface area (Å²) in [5.74, 6) is -2.53. The van der Waals surface area contributed by atoms with Crippen LogP contribution in [0.15, 0.2) is 24.3 Å². The number of nitrogens with zero attached hydrogens (tertiary/aromatic N) is 2. The second-order valence-electron chi connectivity index (χ2n) is 20.3. The van der Waals surface area contributed by atoms with Gasteiger partial charge < -0.3 is 68.2 Å². The number of carbonyl (C=O) groups excluding carboxylic acids is 3. The molecular formula is C48H79N3O15. The number of phenols is 1. The third-order valence-corrected chi connectivity index (χ3v) is 14.5. The standard InChI is InChI=1S/C48H79N3O15/c1-15-35-48(10)40(65-45(56)66-48)30(6)51(13)25-26(2)23-46(8,57)39(63-43-37(53)34(50(11)12)22-27(3)59-43)28(4)38(29(5)42(54)61-35)62-36-24-47(9,58-14)41(31(7)60-36)64-44(55)49-21-20-32-16-18-33(52)19-17-32/h16-19,26-31,34-41,43,52-53,57H,15,20-25H2,1-14H3,(H,49,55)/t26-,27-,28+,29-,30-,31+,34+,35-,36+,37-,38+,39-,40-,41+,43+,46+,47-,48-/m1/s1. The first kappa shape index (κ1) is 53.6. The Morgan fingerprint density at radius 1 is 0.970 bits per heavy atom. The maximum absolute atomic E-state index is 14.7. The lowest BCUT2D eigenvalue weighted by Crippen LogP contribution is -2.61. The van der Waals surface area contributed by atoms with Crippen LogP contribution >= 0.6 is 0 Å². The Morgan fingerprint density at radius 3 is 2.26 bits per heavy atom. The van der Waals surface area contributed by atoms with Crippen molar-refractivity contribution in [2.45, 2.75) is 192 Å². The maximum Gasteiger partial charge on any atom is 0.509 e. The van der Waals surface area contributed by atoms with Crippen LogP contribution in [-0.2, 0) is 53.8 Å². The lowest BCUT2D eigenvalue weighted by Gasteiger charge is -2.49. The fourth-order valence-corrected chi connectivity index (χ4v) is 10.7. The van der Waals surface area contributed by atoms with E-state index in [1.165, 1.54) is 7.11 Å². The van der Waals surface area contributed by atoms with E-state index in [1.807, 2.05) is 65.6 Å². The highest BCUT2D eigenvalue weighted by Crippen LogP contribution is 2.42. The number of carbonyl (C=O) groups is 3. The first-order chi connectivity index (χ1) is 30.8. The highest BCUT2D eigenvalue weighted by molar-refractivity contribution is 5.73. The van der Waals surface area contributed by atoms with Crippen molar-refractivity contribution in [2.24, 2.45) is 17.8 Å². The molecule has 18 heteroatoms. The molecule has 0 aromatic heterocycles. The number of esters is 1. The lowest BCUT2D eigenvalue weighted by atomic mass is 9.77. The molecule has 4 aliphatic rings. The third-order valence-electron chi connectivity index (χ3n) is 14.5. The van der Waals surface area contributed by atoms with Crippen molar-refractivity contribution in [3.8, 4) is 5.75 Å². The minimum absolute atomic E-state index is 0.0601. The number of benzene rings is 1. The Hall–Kier alpha value is -3.33. The summed E-state index contributed by atoms with van der Waals surface area (Å²) in [5, 5.41) is 36.9. The van der Waals surface area contributed by atoms with Crippen LogP contribution in [0.5, 0.6) is 5.75 Å². The van der Waals surface area contributed by atoms with Crippen LogP contribution < -0.4 is 5.32 Å². The van der Waals surface area contributed by atoms with Crippen LogP contribution in [0.25, 0.3) is 0 Å². The van der Waals surface area contributed by atoms with Gasteiger partial charge in [-0.3, -0.25) is 9.69 Å². The molecule has 1 aromatic rings. The summed E-state index contributed by atoms with van der Waals surface area (Å²) >= 11 is 0. The Bertz CT molecular complexity index is 1770. The van der Waals surface area contributed by atoms with E-state index >= 15 is 0 Å². The summed E-state index contributed by atoms with van der Waals surface area (Å²) in [6.07, 6.45) is -8.99. The molecule has 376 valence electrons. The monoisotopic (exact) mass is 938 g/mol. The number of methoxy groups -OCH3 is 1. The molecule has 0 radical (unpaired) electrons. The van der Waals surface area contributed by atoms with Gasteiger partial charge in [0.25, 0.3) is 0 Å². The average molecular weight is 938 g/mol. The maximum atomic E-state index is 14.7. The minimum atomic E-state index is -1.61. The summed E-state index contributed by atoms with van der Waals surface area (Å²) in [4.78, 5) is 44.7. The van der Waals surface area contributed by atoms with Crippen molar-refractivity contribution in [1.29, 1.82) is 0 Å². The van der Waals surface area contributed by atoms with Gasteiger partial charge in [0, 0.05) is 44.6 Å². The van der Waals surface area contributed by atoms with Crippen molar-refractivity contribution in [2.75, 3.05) is 41.3 Å². The third kappa shape index (κ3) is 12.3. The molecule has 0 bridgehead atoms. The molecule has 0 saturated carbocycles. The number of hydrogen-bond acceptors (Lipinski definition) is 17. The van der Waals surface area contributed by atoms with Gasteiger partial charge in [-0.25, -0.2) is 9.59 Å². The van der Waals surface area contributed by atoms with Gasteiger partial charge in [0.05, 0.1) is 35.9 Å². The van der Waals surface area contributed by atoms with Crippen LogP contribution in [0.4, 0.5) is 9.59 Å². The van der Waals surface area contributed by atoms with E-state index < -0.39 is 102 Å². The zero-order valence-corrected chi connectivity index (χ0v) is 41.6. The molecule has 4 heterocycles. The van der Waals surface area contributed by atoms with Gasteiger partial charge in [-0.1, -0.05) is 32.9 Å². The smallest absolute Gasteiger partial charge is 0.508 e. The van der Waals surface area contributed by atoms with Gasteiger partial charge in [-0.15, -0.1) is 0 Å². The quantitative estimate of drug-likeness (QED) is 0.174. The summed E-state index contributed by atoms with van der Waals surface area (Å²) in [6.45, 7) is 18.9. The molecule has 1 amide bonds. The summed E-state index contributed by atoms with van der Waals surface area (Å²) in [5.41, 5.74) is -3.17. The van der Waals surface area contributed by atoms with Crippen molar-refractivity contribution in [3.05, 3.63) is 29.8 Å². The molecule has 18 atom stereocenters. The first-order valence-electron chi connectivity index (χ1n) is 23.6. The summed E-state index contributed by atoms with van der Waals surface area (Å²) in [6, 6.07) is 6.03. The largest absolute Gasteiger partial charge is 0.509 e. The Balaban J connectivity index is 1.49. The van der Waals surface area contributed by atoms with E-state index in [1.54, 1.807) is 58.9 Å². The van der Waals surface area contributed by atoms with Gasteiger partial charge in [-0.05, 0) is 119 Å². The number of aliphatic hydroxyl groups is 2. The number of aliphatic hydroxyl groups excluding tert-OH is 1. The first-order valence-corrected chi connectivity index (χ1v) is 23.6. The number of ether oxygens (including phenoxy) is 9. The van der Waals surface area contributed by atoms with Gasteiger partial charge in [0.15, 0.2) is 30.4 Å². The van der Waals surface area contributed by atoms with Crippen molar-refractivity contribution in [1.82, 2.24) is 15.1 Å². The van der Waals surface area contributed by atoms with Gasteiger partial charge in [0.2, 0.25) is 0 Å². The topological polar surface area (TPSA) is 213 Å². The number of rotatable bonds is 11. The van der Waals surface area contributed by atoms with E-state index in [-0.39, 0.29) is 49.2 Å². The van der Waals surface area contributed by atoms with Crippen molar-refractivity contribution in [3.63, 3.8) is 0 Å². The predicted molar refractivity (Wildman–Crippen MR) is 241 cm³/mol. The van der Waals surface area contributed by atoms with E-state index in [0.29, 0.717) is 25.8 Å². The number of cyclic esters (lactones) is 1. The van der Waals surface area contributed by atoms with Crippen LogP contribution in [0, 0.1) is 17.8 Å². The average Bonchev–Trinajstić information content (AvgIpc) is 3.56. The molecule has 4 N–H and O–H groups in total. The molecule has 5 rings (SSSR count). The normalized spacial score (nSPS) is 42.0. The number of aromatic hydroxyl groups is 1. The molecule has 66 heavy (non-hydrogen) atoms. The number of likely N-dealkylation sites (N-methyl/N-ethyl adjacent to an activating group) is 2. The molecule has 4 aliphatic heterocycles. The predicted octanol–water partition coefficient (Wildman–Crippen LogP) is 4.77. The molecule has 1 aromatic carbocycles. The molecule has 0 aliphatic carbocycles.